The number of nitrogen functional groups attached to an aromatic ring is 1. The van der Waals surface area contributed by atoms with Gasteiger partial charge in [-0.2, -0.15) is 9.40 Å². The number of aromatic nitrogens is 2. The first-order chi connectivity index (χ1) is 8.79. The van der Waals surface area contributed by atoms with Gasteiger partial charge < -0.3 is 5.73 Å². The van der Waals surface area contributed by atoms with Gasteiger partial charge in [-0.1, -0.05) is 6.92 Å². The lowest BCUT2D eigenvalue weighted by molar-refractivity contribution is 0.292. The van der Waals surface area contributed by atoms with Crippen molar-refractivity contribution in [2.24, 2.45) is 0 Å². The first kappa shape index (κ1) is 14.3. The van der Waals surface area contributed by atoms with Crippen LogP contribution in [0.5, 0.6) is 0 Å². The predicted molar refractivity (Wildman–Crippen MR) is 74.1 cm³/mol. The molecule has 0 unspecified atom stereocenters. The van der Waals surface area contributed by atoms with Gasteiger partial charge in [0.05, 0.1) is 0 Å². The van der Waals surface area contributed by atoms with Crippen LogP contribution in [0.4, 0.5) is 5.82 Å². The van der Waals surface area contributed by atoms with Crippen molar-refractivity contribution in [2.75, 3.05) is 12.3 Å². The Labute approximate surface area is 114 Å². The van der Waals surface area contributed by atoms with Gasteiger partial charge in [0, 0.05) is 24.8 Å². The summed E-state index contributed by atoms with van der Waals surface area (Å²) in [6.45, 7) is 7.13. The lowest BCUT2D eigenvalue weighted by Gasteiger charge is -2.30. The topological polar surface area (TPSA) is 81.2 Å². The van der Waals surface area contributed by atoms with Crippen molar-refractivity contribution in [3.05, 3.63) is 6.20 Å². The second kappa shape index (κ2) is 4.79. The van der Waals surface area contributed by atoms with Crippen molar-refractivity contribution in [3.8, 4) is 0 Å². The zero-order chi connectivity index (χ0) is 14.3. The van der Waals surface area contributed by atoms with Crippen LogP contribution in [-0.2, 0) is 16.6 Å². The fourth-order valence-corrected chi connectivity index (χ4v) is 4.52. The van der Waals surface area contributed by atoms with Crippen LogP contribution in [0.1, 0.15) is 40.0 Å². The summed E-state index contributed by atoms with van der Waals surface area (Å²) in [5, 5.41) is 4.07. The number of hydrogen-bond donors (Lipinski definition) is 1. The molecule has 1 aliphatic heterocycles. The lowest BCUT2D eigenvalue weighted by atomic mass is 10.0. The first-order valence-corrected chi connectivity index (χ1v) is 8.09. The van der Waals surface area contributed by atoms with Crippen LogP contribution in [0.2, 0.25) is 0 Å². The Morgan fingerprint density at radius 1 is 1.47 bits per heavy atom. The summed E-state index contributed by atoms with van der Waals surface area (Å²) in [4.78, 5) is 0.135. The molecule has 7 heteroatoms. The van der Waals surface area contributed by atoms with Gasteiger partial charge in [-0.25, -0.2) is 8.42 Å². The number of nitrogens with two attached hydrogens (primary N) is 1. The fourth-order valence-electron chi connectivity index (χ4n) is 2.61. The Kier molecular flexibility index (Phi) is 3.61. The molecule has 0 atom stereocenters. The largest absolute Gasteiger partial charge is 0.381 e. The standard InChI is InChI=1S/C12H22N4O2S/c1-4-7-15-9-10(11(13)14-15)19(17,18)16-8-5-6-12(16,2)3/h9H,4-8H2,1-3H3,(H2,13,14). The molecule has 0 aliphatic carbocycles. The molecule has 2 rings (SSSR count). The highest BCUT2D eigenvalue weighted by atomic mass is 32.2. The molecule has 0 bridgehead atoms. The van der Waals surface area contributed by atoms with E-state index < -0.39 is 10.0 Å². The molecule has 0 saturated carbocycles. The number of aryl methyl sites for hydroxylation is 1. The van der Waals surface area contributed by atoms with Crippen molar-refractivity contribution in [1.29, 1.82) is 0 Å². The number of sulfonamides is 1. The van der Waals surface area contributed by atoms with Crippen LogP contribution < -0.4 is 5.73 Å². The van der Waals surface area contributed by atoms with E-state index in [1.165, 1.54) is 0 Å². The van der Waals surface area contributed by atoms with Gasteiger partial charge in [0.1, 0.15) is 4.90 Å². The quantitative estimate of drug-likeness (QED) is 0.908. The third kappa shape index (κ3) is 2.49. The van der Waals surface area contributed by atoms with E-state index in [0.717, 1.165) is 19.3 Å². The van der Waals surface area contributed by atoms with Gasteiger partial charge in [0.25, 0.3) is 0 Å². The molecule has 1 fully saturated rings. The highest BCUT2D eigenvalue weighted by molar-refractivity contribution is 7.89. The minimum atomic E-state index is -3.55. The van der Waals surface area contributed by atoms with Gasteiger partial charge in [-0.3, -0.25) is 4.68 Å². The number of anilines is 1. The zero-order valence-electron chi connectivity index (χ0n) is 11.8. The average Bonchev–Trinajstić information content (AvgIpc) is 2.82. The van der Waals surface area contributed by atoms with Crippen LogP contribution in [0, 0.1) is 0 Å². The van der Waals surface area contributed by atoms with Crippen LogP contribution in [0.25, 0.3) is 0 Å². The lowest BCUT2D eigenvalue weighted by Crippen LogP contribution is -2.42. The van der Waals surface area contributed by atoms with Crippen molar-refractivity contribution >= 4 is 15.8 Å². The third-order valence-electron chi connectivity index (χ3n) is 3.60. The molecule has 0 aromatic carbocycles. The van der Waals surface area contributed by atoms with Crippen molar-refractivity contribution in [2.45, 2.75) is 57.0 Å². The Morgan fingerprint density at radius 3 is 2.68 bits per heavy atom. The Hall–Kier alpha value is -1.08. The Morgan fingerprint density at radius 2 is 2.16 bits per heavy atom. The maximum Gasteiger partial charge on any atom is 0.248 e. The molecular formula is C12H22N4O2S. The van der Waals surface area contributed by atoms with Gasteiger partial charge in [0.15, 0.2) is 5.82 Å². The van der Waals surface area contributed by atoms with Crippen LogP contribution in [0.15, 0.2) is 11.1 Å². The molecule has 0 spiro atoms. The molecule has 0 radical (unpaired) electrons. The third-order valence-corrected chi connectivity index (χ3v) is 5.73. The minimum absolute atomic E-state index is 0.0937. The molecule has 0 amide bonds. The van der Waals surface area contributed by atoms with E-state index in [4.69, 9.17) is 5.73 Å². The molecule has 1 aromatic rings. The minimum Gasteiger partial charge on any atom is -0.381 e. The second-order valence-electron chi connectivity index (χ2n) is 5.63. The Bertz CT molecular complexity index is 562. The Balaban J connectivity index is 2.39. The molecule has 1 saturated heterocycles. The highest BCUT2D eigenvalue weighted by Crippen LogP contribution is 2.35. The normalized spacial score (nSPS) is 19.9. The van der Waals surface area contributed by atoms with Gasteiger partial charge in [0.2, 0.25) is 10.0 Å². The maximum atomic E-state index is 12.7. The van der Waals surface area contributed by atoms with Gasteiger partial charge >= 0.3 is 0 Å². The van der Waals surface area contributed by atoms with Gasteiger partial charge in [-0.05, 0) is 33.1 Å². The van der Waals surface area contributed by atoms with Crippen molar-refractivity contribution in [1.82, 2.24) is 14.1 Å². The fraction of sp³-hybridized carbons (Fsp3) is 0.750. The summed E-state index contributed by atoms with van der Waals surface area (Å²) in [5.41, 5.74) is 5.43. The van der Waals surface area contributed by atoms with Crippen molar-refractivity contribution in [3.63, 3.8) is 0 Å². The zero-order valence-corrected chi connectivity index (χ0v) is 12.6. The second-order valence-corrected chi connectivity index (χ2v) is 7.47. The molecule has 1 aliphatic rings. The molecule has 1 aromatic heterocycles. The van der Waals surface area contributed by atoms with E-state index in [2.05, 4.69) is 5.10 Å². The van der Waals surface area contributed by atoms with E-state index in [1.54, 1.807) is 15.2 Å². The molecule has 108 valence electrons. The summed E-state index contributed by atoms with van der Waals surface area (Å²) in [6, 6.07) is 0. The first-order valence-electron chi connectivity index (χ1n) is 6.65. The highest BCUT2D eigenvalue weighted by Gasteiger charge is 2.42. The molecule has 2 heterocycles. The summed E-state index contributed by atoms with van der Waals surface area (Å²) < 4.78 is 28.5. The smallest absolute Gasteiger partial charge is 0.248 e. The maximum absolute atomic E-state index is 12.7. The van der Waals surface area contributed by atoms with E-state index in [0.29, 0.717) is 13.1 Å². The van der Waals surface area contributed by atoms with Gasteiger partial charge in [-0.15, -0.1) is 0 Å². The average molecular weight is 286 g/mol. The van der Waals surface area contributed by atoms with E-state index in [9.17, 15) is 8.42 Å². The van der Waals surface area contributed by atoms with E-state index >= 15 is 0 Å². The monoisotopic (exact) mass is 286 g/mol. The number of nitrogens with zero attached hydrogens (tertiary/aromatic N) is 3. The number of hydrogen-bond acceptors (Lipinski definition) is 4. The van der Waals surface area contributed by atoms with Crippen molar-refractivity contribution < 1.29 is 8.42 Å². The summed E-state index contributed by atoms with van der Waals surface area (Å²) in [7, 11) is -3.55. The summed E-state index contributed by atoms with van der Waals surface area (Å²) >= 11 is 0. The molecule has 19 heavy (non-hydrogen) atoms. The molecular weight excluding hydrogens is 264 g/mol. The van der Waals surface area contributed by atoms with E-state index in [1.807, 2.05) is 20.8 Å². The number of rotatable bonds is 4. The van der Waals surface area contributed by atoms with Crippen LogP contribution in [0.3, 0.4) is 0 Å². The van der Waals surface area contributed by atoms with Crippen LogP contribution >= 0.6 is 0 Å². The van der Waals surface area contributed by atoms with Crippen LogP contribution in [-0.4, -0.2) is 34.6 Å². The van der Waals surface area contributed by atoms with E-state index in [-0.39, 0.29) is 16.3 Å². The summed E-state index contributed by atoms with van der Waals surface area (Å²) in [5.74, 6) is 0.0937. The summed E-state index contributed by atoms with van der Waals surface area (Å²) in [6.07, 6.45) is 4.18. The molecule has 6 nitrogen and oxygen atoms in total. The SMILES string of the molecule is CCCn1cc(S(=O)(=O)N2CCCC2(C)C)c(N)n1. The molecule has 2 N–H and O–H groups in total. The predicted octanol–water partition coefficient (Wildman–Crippen LogP) is 1.44.